The molecule has 2 heterocycles. The molecule has 2 N–H and O–H groups in total. The van der Waals surface area contributed by atoms with Crippen LogP contribution in [-0.4, -0.2) is 25.1 Å². The van der Waals surface area contributed by atoms with Crippen molar-refractivity contribution < 1.29 is 14.3 Å². The molecule has 0 saturated carbocycles. The van der Waals surface area contributed by atoms with Gasteiger partial charge in [0.15, 0.2) is 0 Å². The molecule has 0 saturated heterocycles. The second-order valence-electron chi connectivity index (χ2n) is 5.85. The van der Waals surface area contributed by atoms with E-state index in [0.29, 0.717) is 17.9 Å². The fourth-order valence-electron chi connectivity index (χ4n) is 2.42. The van der Waals surface area contributed by atoms with E-state index in [-0.39, 0.29) is 5.91 Å². The average Bonchev–Trinajstić information content (AvgIpc) is 3.31. The third-order valence-corrected chi connectivity index (χ3v) is 4.95. The van der Waals surface area contributed by atoms with E-state index in [1.165, 1.54) is 17.6 Å². The lowest BCUT2D eigenvalue weighted by molar-refractivity contribution is 0.0951. The number of hydrogen-bond acceptors (Lipinski definition) is 5. The quantitative estimate of drug-likeness (QED) is 0.710. The lowest BCUT2D eigenvalue weighted by Crippen LogP contribution is -2.22. The van der Waals surface area contributed by atoms with Crippen molar-refractivity contribution in [2.75, 3.05) is 19.0 Å². The van der Waals surface area contributed by atoms with Gasteiger partial charge in [-0.05, 0) is 42.5 Å². The van der Waals surface area contributed by atoms with Crippen molar-refractivity contribution in [3.8, 4) is 0 Å². The molecule has 0 spiro atoms. The molecule has 3 aromatic rings. The molecule has 0 aliphatic rings. The van der Waals surface area contributed by atoms with Crippen LogP contribution in [0.5, 0.6) is 0 Å². The van der Waals surface area contributed by atoms with Crippen LogP contribution in [0.15, 0.2) is 59.2 Å². The number of aliphatic hydroxyl groups excluding tert-OH is 1. The normalized spacial score (nSPS) is 12.0. The Morgan fingerprint density at radius 2 is 2.08 bits per heavy atom. The second kappa shape index (κ2) is 7.55. The predicted octanol–water partition coefficient (Wildman–Crippen LogP) is 3.42. The summed E-state index contributed by atoms with van der Waals surface area (Å²) in [5, 5.41) is 13.2. The van der Waals surface area contributed by atoms with Crippen molar-refractivity contribution in [2.24, 2.45) is 0 Å². The first-order valence-electron chi connectivity index (χ1n) is 7.90. The Labute approximate surface area is 150 Å². The number of thiophene rings is 1. The number of anilines is 1. The van der Waals surface area contributed by atoms with Gasteiger partial charge in [0.05, 0.1) is 12.8 Å². The highest BCUT2D eigenvalue weighted by atomic mass is 32.1. The van der Waals surface area contributed by atoms with E-state index < -0.39 is 6.10 Å². The van der Waals surface area contributed by atoms with E-state index in [9.17, 15) is 9.90 Å². The van der Waals surface area contributed by atoms with Gasteiger partial charge < -0.3 is 19.7 Å². The molecule has 2 aromatic heterocycles. The van der Waals surface area contributed by atoms with Crippen LogP contribution in [0, 0.1) is 0 Å². The standard InChI is InChI=1S/C19H20N2O3S/c1-21(2)14-6-3-5-13(11-14)19(23)20-12-15-8-9-17(25-15)18(22)16-7-4-10-24-16/h3-11,18,22H,12H2,1-2H3,(H,20,23)/t18-/m0/s1. The van der Waals surface area contributed by atoms with Gasteiger partial charge in [0.1, 0.15) is 11.9 Å². The number of aliphatic hydroxyl groups is 1. The van der Waals surface area contributed by atoms with Crippen LogP contribution in [0.2, 0.25) is 0 Å². The monoisotopic (exact) mass is 356 g/mol. The molecule has 3 rings (SSSR count). The van der Waals surface area contributed by atoms with Crippen molar-refractivity contribution in [3.63, 3.8) is 0 Å². The maximum Gasteiger partial charge on any atom is 0.251 e. The van der Waals surface area contributed by atoms with E-state index in [2.05, 4.69) is 5.32 Å². The van der Waals surface area contributed by atoms with Crippen LogP contribution in [0.25, 0.3) is 0 Å². The Bertz CT molecular complexity index is 840. The number of nitrogens with zero attached hydrogens (tertiary/aromatic N) is 1. The summed E-state index contributed by atoms with van der Waals surface area (Å²) in [6.07, 6.45) is 0.760. The Kier molecular flexibility index (Phi) is 5.21. The molecule has 0 aliphatic heterocycles. The molecular formula is C19H20N2O3S. The highest BCUT2D eigenvalue weighted by Gasteiger charge is 2.16. The molecule has 0 bridgehead atoms. The molecule has 1 amide bonds. The van der Waals surface area contributed by atoms with E-state index >= 15 is 0 Å². The summed E-state index contributed by atoms with van der Waals surface area (Å²) in [7, 11) is 3.88. The van der Waals surface area contributed by atoms with Crippen LogP contribution < -0.4 is 10.2 Å². The van der Waals surface area contributed by atoms with Gasteiger partial charge in [-0.2, -0.15) is 0 Å². The number of carbonyl (C=O) groups is 1. The van der Waals surface area contributed by atoms with Crippen molar-refractivity contribution in [1.29, 1.82) is 0 Å². The number of carbonyl (C=O) groups excluding carboxylic acids is 1. The van der Waals surface area contributed by atoms with E-state index in [4.69, 9.17) is 4.42 Å². The molecule has 5 nitrogen and oxygen atoms in total. The van der Waals surface area contributed by atoms with Crippen LogP contribution in [-0.2, 0) is 6.54 Å². The summed E-state index contributed by atoms with van der Waals surface area (Å²) in [6.45, 7) is 0.417. The first-order valence-corrected chi connectivity index (χ1v) is 8.72. The smallest absolute Gasteiger partial charge is 0.251 e. The lowest BCUT2D eigenvalue weighted by Gasteiger charge is -2.13. The number of hydrogen-bond donors (Lipinski definition) is 2. The maximum atomic E-state index is 12.3. The minimum atomic E-state index is -0.777. The van der Waals surface area contributed by atoms with Gasteiger partial charge in [0, 0.05) is 35.1 Å². The molecule has 0 aliphatic carbocycles. The van der Waals surface area contributed by atoms with Crippen LogP contribution in [0.3, 0.4) is 0 Å². The van der Waals surface area contributed by atoms with Gasteiger partial charge >= 0.3 is 0 Å². The highest BCUT2D eigenvalue weighted by molar-refractivity contribution is 7.12. The zero-order valence-electron chi connectivity index (χ0n) is 14.1. The molecule has 0 fully saturated rings. The van der Waals surface area contributed by atoms with Crippen molar-refractivity contribution in [1.82, 2.24) is 5.32 Å². The van der Waals surface area contributed by atoms with Crippen molar-refractivity contribution in [2.45, 2.75) is 12.6 Å². The SMILES string of the molecule is CN(C)c1cccc(C(=O)NCc2ccc([C@@H](O)c3ccco3)s2)c1. The fraction of sp³-hybridized carbons (Fsp3) is 0.211. The lowest BCUT2D eigenvalue weighted by atomic mass is 10.2. The van der Waals surface area contributed by atoms with Crippen molar-refractivity contribution >= 4 is 22.9 Å². The molecule has 0 radical (unpaired) electrons. The number of nitrogens with one attached hydrogen (secondary N) is 1. The minimum Gasteiger partial charge on any atom is -0.466 e. The Morgan fingerprint density at radius 1 is 1.24 bits per heavy atom. The Morgan fingerprint density at radius 3 is 2.80 bits per heavy atom. The highest BCUT2D eigenvalue weighted by Crippen LogP contribution is 2.28. The maximum absolute atomic E-state index is 12.3. The molecule has 25 heavy (non-hydrogen) atoms. The van der Waals surface area contributed by atoms with Crippen LogP contribution >= 0.6 is 11.3 Å². The summed E-state index contributed by atoms with van der Waals surface area (Å²) < 4.78 is 5.23. The van der Waals surface area contributed by atoms with E-state index in [1.807, 2.05) is 49.3 Å². The first kappa shape index (κ1) is 17.3. The minimum absolute atomic E-state index is 0.120. The largest absolute Gasteiger partial charge is 0.466 e. The molecule has 130 valence electrons. The van der Waals surface area contributed by atoms with Gasteiger partial charge in [-0.25, -0.2) is 0 Å². The fourth-order valence-corrected chi connectivity index (χ4v) is 3.37. The molecule has 6 heteroatoms. The Hall–Kier alpha value is -2.57. The Balaban J connectivity index is 1.62. The average molecular weight is 356 g/mol. The third-order valence-electron chi connectivity index (χ3n) is 3.81. The summed E-state index contributed by atoms with van der Waals surface area (Å²) in [5.74, 6) is 0.392. The summed E-state index contributed by atoms with van der Waals surface area (Å²) in [5.41, 5.74) is 1.60. The van der Waals surface area contributed by atoms with Crippen LogP contribution in [0.4, 0.5) is 5.69 Å². The number of amides is 1. The predicted molar refractivity (Wildman–Crippen MR) is 99.0 cm³/mol. The van der Waals surface area contributed by atoms with Crippen LogP contribution in [0.1, 0.15) is 32.0 Å². The third kappa shape index (κ3) is 4.10. The zero-order valence-corrected chi connectivity index (χ0v) is 14.9. The van der Waals surface area contributed by atoms with Gasteiger partial charge in [-0.1, -0.05) is 6.07 Å². The topological polar surface area (TPSA) is 65.7 Å². The van der Waals surface area contributed by atoms with E-state index in [1.54, 1.807) is 18.2 Å². The van der Waals surface area contributed by atoms with Gasteiger partial charge in [0.2, 0.25) is 0 Å². The van der Waals surface area contributed by atoms with Gasteiger partial charge in [-0.3, -0.25) is 4.79 Å². The molecule has 0 unspecified atom stereocenters. The van der Waals surface area contributed by atoms with E-state index in [0.717, 1.165) is 15.4 Å². The number of furan rings is 1. The van der Waals surface area contributed by atoms with Gasteiger partial charge in [-0.15, -0.1) is 11.3 Å². The summed E-state index contributed by atoms with van der Waals surface area (Å²) in [4.78, 5) is 16.0. The molecular weight excluding hydrogens is 336 g/mol. The zero-order chi connectivity index (χ0) is 17.8. The molecule has 1 atom stereocenters. The number of benzene rings is 1. The summed E-state index contributed by atoms with van der Waals surface area (Å²) in [6, 6.07) is 14.7. The van der Waals surface area contributed by atoms with Gasteiger partial charge in [0.25, 0.3) is 5.91 Å². The second-order valence-corrected chi connectivity index (χ2v) is 7.05. The van der Waals surface area contributed by atoms with Crippen molar-refractivity contribution in [3.05, 3.63) is 75.9 Å². The number of rotatable bonds is 6. The molecule has 1 aromatic carbocycles. The summed E-state index contributed by atoms with van der Waals surface area (Å²) >= 11 is 1.45. The first-order chi connectivity index (χ1) is 12.0.